The quantitative estimate of drug-likeness (QED) is 0.706. The molecule has 0 aromatic carbocycles. The Labute approximate surface area is 84.2 Å². The number of carbonyl (C=O) groups is 1. The van der Waals surface area contributed by atoms with Crippen molar-refractivity contribution < 1.29 is 4.79 Å². The summed E-state index contributed by atoms with van der Waals surface area (Å²) in [5.41, 5.74) is 0. The molecule has 1 aliphatic rings. The monoisotopic (exact) mass is 199 g/mol. The third-order valence-corrected chi connectivity index (χ3v) is 2.95. The van der Waals surface area contributed by atoms with Crippen molar-refractivity contribution in [2.24, 2.45) is 5.92 Å². The Balaban J connectivity index is 2.31. The van der Waals surface area contributed by atoms with Crippen molar-refractivity contribution in [1.82, 2.24) is 5.32 Å². The van der Waals surface area contributed by atoms with E-state index in [1.165, 1.54) is 12.8 Å². The second kappa shape index (κ2) is 5.32. The third-order valence-electron chi connectivity index (χ3n) is 2.54. The summed E-state index contributed by atoms with van der Waals surface area (Å²) in [5.74, 6) is 0.694. The van der Waals surface area contributed by atoms with Crippen molar-refractivity contribution in [3.8, 4) is 0 Å². The first-order chi connectivity index (χ1) is 6.24. The van der Waals surface area contributed by atoms with Gasteiger partial charge in [-0.1, -0.05) is 13.3 Å². The van der Waals surface area contributed by atoms with Gasteiger partial charge in [0.1, 0.15) is 0 Å². The molecule has 1 aliphatic carbocycles. The number of thioether (sulfide) groups is 1. The predicted octanol–water partition coefficient (Wildman–Crippen LogP) is 2.17. The van der Waals surface area contributed by atoms with Crippen molar-refractivity contribution in [1.29, 1.82) is 0 Å². The first kappa shape index (κ1) is 10.6. The van der Waals surface area contributed by atoms with Crippen LogP contribution in [0.5, 0.6) is 0 Å². The molecule has 74 valence electrons. The van der Waals surface area contributed by atoms with E-state index in [9.17, 15) is 4.79 Å². The van der Waals surface area contributed by atoms with E-state index < -0.39 is 0 Å². The lowest BCUT2D eigenvalue weighted by atomic mass is 10.1. The summed E-state index contributed by atoms with van der Waals surface area (Å²) in [6.07, 6.45) is 7.19. The average Bonchev–Trinajstić information content (AvgIpc) is 2.48. The smallest absolute Gasteiger partial charge is 0.244 e. The molecule has 0 saturated heterocycles. The number of rotatable bonds is 3. The van der Waals surface area contributed by atoms with Crippen LogP contribution in [0, 0.1) is 5.92 Å². The van der Waals surface area contributed by atoms with Crippen molar-refractivity contribution >= 4 is 17.7 Å². The van der Waals surface area contributed by atoms with Crippen LogP contribution in [0.2, 0.25) is 0 Å². The number of carbonyl (C=O) groups excluding carboxylic acids is 1. The van der Waals surface area contributed by atoms with Gasteiger partial charge < -0.3 is 5.32 Å². The van der Waals surface area contributed by atoms with Crippen LogP contribution >= 0.6 is 11.8 Å². The zero-order chi connectivity index (χ0) is 9.68. The van der Waals surface area contributed by atoms with Gasteiger partial charge in [-0.05, 0) is 30.4 Å². The minimum absolute atomic E-state index is 0.0492. The minimum atomic E-state index is 0.0492. The van der Waals surface area contributed by atoms with Gasteiger partial charge in [0.05, 0.1) is 0 Å². The van der Waals surface area contributed by atoms with E-state index in [-0.39, 0.29) is 5.91 Å². The molecule has 3 heteroatoms. The van der Waals surface area contributed by atoms with Crippen molar-refractivity contribution in [3.05, 3.63) is 11.5 Å². The molecular weight excluding hydrogens is 182 g/mol. The van der Waals surface area contributed by atoms with Gasteiger partial charge >= 0.3 is 0 Å². The Bertz CT molecular complexity index is 203. The summed E-state index contributed by atoms with van der Waals surface area (Å²) in [5, 5.41) is 4.84. The largest absolute Gasteiger partial charge is 0.350 e. The normalized spacial score (nSPS) is 28.2. The first-order valence-corrected chi connectivity index (χ1v) is 6.02. The van der Waals surface area contributed by atoms with Crippen LogP contribution in [0.15, 0.2) is 11.5 Å². The fourth-order valence-electron chi connectivity index (χ4n) is 1.72. The molecule has 0 heterocycles. The van der Waals surface area contributed by atoms with E-state index in [0.29, 0.717) is 12.0 Å². The highest BCUT2D eigenvalue weighted by atomic mass is 32.2. The summed E-state index contributed by atoms with van der Waals surface area (Å²) in [6.45, 7) is 2.20. The van der Waals surface area contributed by atoms with E-state index in [1.807, 2.05) is 11.7 Å². The van der Waals surface area contributed by atoms with Gasteiger partial charge in [0.15, 0.2) is 0 Å². The highest BCUT2D eigenvalue weighted by Gasteiger charge is 2.23. The SMILES string of the molecule is CS/C=C/C(=O)NC1CCCC1C. The molecule has 0 aliphatic heterocycles. The summed E-state index contributed by atoms with van der Waals surface area (Å²) in [6, 6.07) is 0.402. The zero-order valence-corrected chi connectivity index (χ0v) is 9.06. The van der Waals surface area contributed by atoms with E-state index in [2.05, 4.69) is 12.2 Å². The Morgan fingerprint density at radius 2 is 2.31 bits per heavy atom. The maximum atomic E-state index is 11.3. The second-order valence-corrected chi connectivity index (χ2v) is 4.31. The highest BCUT2D eigenvalue weighted by Crippen LogP contribution is 2.24. The van der Waals surface area contributed by atoms with Crippen molar-refractivity contribution in [2.45, 2.75) is 32.2 Å². The number of hydrogen-bond donors (Lipinski definition) is 1. The standard InChI is InChI=1S/C10H17NOS/c1-8-4-3-5-9(8)11-10(12)6-7-13-2/h6-9H,3-5H2,1-2H3,(H,11,12)/b7-6+. The molecule has 2 unspecified atom stereocenters. The summed E-state index contributed by atoms with van der Waals surface area (Å²) in [4.78, 5) is 11.3. The van der Waals surface area contributed by atoms with Gasteiger partial charge in [-0.3, -0.25) is 4.79 Å². The van der Waals surface area contributed by atoms with Crippen LogP contribution in [-0.2, 0) is 4.79 Å². The average molecular weight is 199 g/mol. The molecule has 1 fully saturated rings. The highest BCUT2D eigenvalue weighted by molar-refractivity contribution is 8.01. The fourth-order valence-corrected chi connectivity index (χ4v) is 1.98. The molecule has 1 saturated carbocycles. The van der Waals surface area contributed by atoms with Gasteiger partial charge in [-0.15, -0.1) is 11.8 Å². The van der Waals surface area contributed by atoms with Gasteiger partial charge in [-0.25, -0.2) is 0 Å². The lowest BCUT2D eigenvalue weighted by Crippen LogP contribution is -2.35. The molecule has 2 nitrogen and oxygen atoms in total. The third kappa shape index (κ3) is 3.43. The molecule has 1 rings (SSSR count). The Morgan fingerprint density at radius 1 is 1.54 bits per heavy atom. The van der Waals surface area contributed by atoms with Gasteiger partial charge in [0.25, 0.3) is 0 Å². The van der Waals surface area contributed by atoms with Crippen LogP contribution in [0.1, 0.15) is 26.2 Å². The molecule has 0 spiro atoms. The van der Waals surface area contributed by atoms with Gasteiger partial charge in [0, 0.05) is 12.1 Å². The van der Waals surface area contributed by atoms with E-state index >= 15 is 0 Å². The molecule has 0 aromatic heterocycles. The second-order valence-electron chi connectivity index (χ2n) is 3.56. The van der Waals surface area contributed by atoms with Crippen molar-refractivity contribution in [2.75, 3.05) is 6.26 Å². The Hall–Kier alpha value is -0.440. The van der Waals surface area contributed by atoms with E-state index in [1.54, 1.807) is 17.8 Å². The summed E-state index contributed by atoms with van der Waals surface area (Å²) < 4.78 is 0. The molecule has 0 radical (unpaired) electrons. The molecule has 1 amide bonds. The van der Waals surface area contributed by atoms with Crippen LogP contribution in [0.4, 0.5) is 0 Å². The van der Waals surface area contributed by atoms with Crippen LogP contribution in [-0.4, -0.2) is 18.2 Å². The number of nitrogens with one attached hydrogen (secondary N) is 1. The Kier molecular flexibility index (Phi) is 4.36. The molecule has 0 bridgehead atoms. The molecule has 13 heavy (non-hydrogen) atoms. The number of amides is 1. The van der Waals surface area contributed by atoms with E-state index in [4.69, 9.17) is 0 Å². The van der Waals surface area contributed by atoms with Crippen LogP contribution < -0.4 is 5.32 Å². The molecule has 2 atom stereocenters. The van der Waals surface area contributed by atoms with E-state index in [0.717, 1.165) is 6.42 Å². The zero-order valence-electron chi connectivity index (χ0n) is 8.25. The molecule has 0 aromatic rings. The Morgan fingerprint density at radius 3 is 2.85 bits per heavy atom. The lowest BCUT2D eigenvalue weighted by molar-refractivity contribution is -0.117. The van der Waals surface area contributed by atoms with Crippen molar-refractivity contribution in [3.63, 3.8) is 0 Å². The van der Waals surface area contributed by atoms with Crippen LogP contribution in [0.25, 0.3) is 0 Å². The number of hydrogen-bond acceptors (Lipinski definition) is 2. The van der Waals surface area contributed by atoms with Gasteiger partial charge in [0.2, 0.25) is 5.91 Å². The summed E-state index contributed by atoms with van der Waals surface area (Å²) >= 11 is 1.55. The maximum absolute atomic E-state index is 11.3. The lowest BCUT2D eigenvalue weighted by Gasteiger charge is -2.15. The molecular formula is C10H17NOS. The summed E-state index contributed by atoms with van der Waals surface area (Å²) in [7, 11) is 0. The van der Waals surface area contributed by atoms with Crippen LogP contribution in [0.3, 0.4) is 0 Å². The topological polar surface area (TPSA) is 29.1 Å². The molecule has 1 N–H and O–H groups in total. The fraction of sp³-hybridized carbons (Fsp3) is 0.700. The predicted molar refractivity (Wildman–Crippen MR) is 57.6 cm³/mol. The first-order valence-electron chi connectivity index (χ1n) is 4.74. The van der Waals surface area contributed by atoms with Gasteiger partial charge in [-0.2, -0.15) is 0 Å². The minimum Gasteiger partial charge on any atom is -0.350 e. The maximum Gasteiger partial charge on any atom is 0.244 e.